The number of fused-ring (bicyclic) bond motifs is 1. The van der Waals surface area contributed by atoms with E-state index in [0.717, 1.165) is 31.2 Å². The third-order valence-electron chi connectivity index (χ3n) is 5.59. The first-order valence-corrected chi connectivity index (χ1v) is 7.53. The summed E-state index contributed by atoms with van der Waals surface area (Å²) in [5.41, 5.74) is 9.04. The molecule has 0 heterocycles. The van der Waals surface area contributed by atoms with Crippen molar-refractivity contribution in [1.29, 1.82) is 0 Å². The molecule has 2 aliphatic carbocycles. The molecular weight excluding hydrogens is 234 g/mol. The van der Waals surface area contributed by atoms with Crippen molar-refractivity contribution < 1.29 is 5.11 Å². The minimum absolute atomic E-state index is 0.106. The van der Waals surface area contributed by atoms with E-state index in [9.17, 15) is 5.11 Å². The zero-order chi connectivity index (χ0) is 13.7. The zero-order valence-electron chi connectivity index (χ0n) is 12.1. The molecule has 19 heavy (non-hydrogen) atoms. The lowest BCUT2D eigenvalue weighted by Gasteiger charge is -2.43. The molecule has 3 unspecified atom stereocenters. The van der Waals surface area contributed by atoms with Crippen molar-refractivity contribution in [3.63, 3.8) is 0 Å². The first-order valence-electron chi connectivity index (χ1n) is 7.53. The van der Waals surface area contributed by atoms with E-state index in [0.29, 0.717) is 12.5 Å². The van der Waals surface area contributed by atoms with E-state index in [-0.39, 0.29) is 5.41 Å². The minimum atomic E-state index is -0.701. The van der Waals surface area contributed by atoms with E-state index < -0.39 is 5.60 Å². The van der Waals surface area contributed by atoms with Gasteiger partial charge in [0.05, 0.1) is 5.60 Å². The highest BCUT2D eigenvalue weighted by Crippen LogP contribution is 2.57. The van der Waals surface area contributed by atoms with E-state index in [4.69, 9.17) is 5.73 Å². The number of rotatable bonds is 2. The maximum absolute atomic E-state index is 11.5. The predicted octanol–water partition coefficient (Wildman–Crippen LogP) is 2.89. The van der Waals surface area contributed by atoms with Gasteiger partial charge in [-0.3, -0.25) is 0 Å². The molecule has 104 valence electrons. The maximum Gasteiger partial charge on any atom is 0.0970 e. The Balaban J connectivity index is 2.08. The van der Waals surface area contributed by atoms with Crippen LogP contribution in [0, 0.1) is 18.3 Å². The van der Waals surface area contributed by atoms with Crippen molar-refractivity contribution in [2.45, 2.75) is 51.6 Å². The van der Waals surface area contributed by atoms with Crippen molar-refractivity contribution in [3.05, 3.63) is 34.9 Å². The van der Waals surface area contributed by atoms with Crippen LogP contribution in [0.4, 0.5) is 0 Å². The average molecular weight is 259 g/mol. The van der Waals surface area contributed by atoms with Crippen LogP contribution >= 0.6 is 0 Å². The molecule has 0 amide bonds. The van der Waals surface area contributed by atoms with Crippen LogP contribution in [0.3, 0.4) is 0 Å². The second-order valence-electron chi connectivity index (χ2n) is 6.85. The number of benzene rings is 1. The van der Waals surface area contributed by atoms with Crippen molar-refractivity contribution in [2.75, 3.05) is 6.54 Å². The summed E-state index contributed by atoms with van der Waals surface area (Å²) in [6.45, 7) is 4.99. The van der Waals surface area contributed by atoms with Gasteiger partial charge in [-0.25, -0.2) is 0 Å². The number of hydrogen-bond donors (Lipinski definition) is 2. The third-order valence-corrected chi connectivity index (χ3v) is 5.59. The van der Waals surface area contributed by atoms with E-state index in [2.05, 4.69) is 32.0 Å². The number of aryl methyl sites for hydroxylation is 2. The van der Waals surface area contributed by atoms with Gasteiger partial charge in [0.25, 0.3) is 0 Å². The highest BCUT2D eigenvalue weighted by molar-refractivity contribution is 5.42. The Kier molecular flexibility index (Phi) is 2.99. The highest BCUT2D eigenvalue weighted by atomic mass is 16.3. The molecule has 0 aromatic heterocycles. The molecule has 2 heteroatoms. The van der Waals surface area contributed by atoms with Crippen LogP contribution in [0.2, 0.25) is 0 Å². The fourth-order valence-corrected chi connectivity index (χ4v) is 4.42. The summed E-state index contributed by atoms with van der Waals surface area (Å²) in [4.78, 5) is 0. The normalized spacial score (nSPS) is 37.6. The SMILES string of the molecule is Cc1ccc2c(c1)C(O)(C1(CN)CCC(C)C1)CC2. The van der Waals surface area contributed by atoms with Crippen LogP contribution in [0.15, 0.2) is 18.2 Å². The second kappa shape index (κ2) is 4.32. The molecule has 3 atom stereocenters. The summed E-state index contributed by atoms with van der Waals surface area (Å²) in [7, 11) is 0. The Morgan fingerprint density at radius 1 is 1.37 bits per heavy atom. The largest absolute Gasteiger partial charge is 0.385 e. The van der Waals surface area contributed by atoms with Gasteiger partial charge in [-0.2, -0.15) is 0 Å². The predicted molar refractivity (Wildman–Crippen MR) is 77.9 cm³/mol. The van der Waals surface area contributed by atoms with Crippen molar-refractivity contribution in [3.8, 4) is 0 Å². The topological polar surface area (TPSA) is 46.2 Å². The molecule has 0 aliphatic heterocycles. The van der Waals surface area contributed by atoms with Crippen LogP contribution in [0.25, 0.3) is 0 Å². The molecule has 1 fully saturated rings. The van der Waals surface area contributed by atoms with Crippen molar-refractivity contribution in [2.24, 2.45) is 17.1 Å². The molecule has 0 radical (unpaired) electrons. The Hall–Kier alpha value is -0.860. The Morgan fingerprint density at radius 3 is 2.79 bits per heavy atom. The van der Waals surface area contributed by atoms with Gasteiger partial charge in [-0.15, -0.1) is 0 Å². The maximum atomic E-state index is 11.5. The molecule has 2 aliphatic rings. The van der Waals surface area contributed by atoms with E-state index >= 15 is 0 Å². The van der Waals surface area contributed by atoms with Crippen LogP contribution in [-0.2, 0) is 12.0 Å². The molecule has 0 bridgehead atoms. The minimum Gasteiger partial charge on any atom is -0.385 e. The lowest BCUT2D eigenvalue weighted by molar-refractivity contribution is -0.0852. The molecule has 2 nitrogen and oxygen atoms in total. The van der Waals surface area contributed by atoms with E-state index in [1.807, 2.05) is 0 Å². The average Bonchev–Trinajstić information content (AvgIpc) is 2.94. The van der Waals surface area contributed by atoms with Gasteiger partial charge in [-0.05, 0) is 56.1 Å². The zero-order valence-corrected chi connectivity index (χ0v) is 12.1. The molecule has 1 saturated carbocycles. The summed E-state index contributed by atoms with van der Waals surface area (Å²) >= 11 is 0. The first-order chi connectivity index (χ1) is 9.01. The Labute approximate surface area is 116 Å². The molecule has 1 aromatic rings. The first kappa shape index (κ1) is 13.1. The van der Waals surface area contributed by atoms with Crippen molar-refractivity contribution in [1.82, 2.24) is 0 Å². The van der Waals surface area contributed by atoms with Gasteiger partial charge in [0, 0.05) is 12.0 Å². The van der Waals surface area contributed by atoms with Crippen LogP contribution in [-0.4, -0.2) is 11.7 Å². The van der Waals surface area contributed by atoms with Crippen LogP contribution < -0.4 is 5.73 Å². The Morgan fingerprint density at radius 2 is 2.16 bits per heavy atom. The van der Waals surface area contributed by atoms with Gasteiger partial charge in [0.2, 0.25) is 0 Å². The molecule has 0 saturated heterocycles. The summed E-state index contributed by atoms with van der Waals surface area (Å²) in [5, 5.41) is 11.5. The van der Waals surface area contributed by atoms with Gasteiger partial charge in [-0.1, -0.05) is 30.7 Å². The van der Waals surface area contributed by atoms with E-state index in [1.54, 1.807) is 0 Å². The number of hydrogen-bond acceptors (Lipinski definition) is 2. The standard InChI is InChI=1S/C17H25NO/c1-12-3-4-14-6-8-17(19,15(14)9-12)16(11-18)7-5-13(2)10-16/h3-4,9,13,19H,5-8,10-11,18H2,1-2H3. The van der Waals surface area contributed by atoms with Crippen molar-refractivity contribution >= 4 is 0 Å². The van der Waals surface area contributed by atoms with Gasteiger partial charge >= 0.3 is 0 Å². The lowest BCUT2D eigenvalue weighted by atomic mass is 9.67. The van der Waals surface area contributed by atoms with Gasteiger partial charge in [0.1, 0.15) is 0 Å². The van der Waals surface area contributed by atoms with Gasteiger partial charge < -0.3 is 10.8 Å². The summed E-state index contributed by atoms with van der Waals surface area (Å²) in [6, 6.07) is 6.52. The molecular formula is C17H25NO. The molecule has 0 spiro atoms. The van der Waals surface area contributed by atoms with Gasteiger partial charge in [0.15, 0.2) is 0 Å². The van der Waals surface area contributed by atoms with Crippen LogP contribution in [0.5, 0.6) is 0 Å². The molecule has 1 aromatic carbocycles. The Bertz CT molecular complexity index is 498. The summed E-state index contributed by atoms with van der Waals surface area (Å²) in [6.07, 6.45) is 5.15. The summed E-state index contributed by atoms with van der Waals surface area (Å²) < 4.78 is 0. The van der Waals surface area contributed by atoms with E-state index in [1.165, 1.54) is 17.5 Å². The smallest absolute Gasteiger partial charge is 0.0970 e. The second-order valence-corrected chi connectivity index (χ2v) is 6.85. The lowest BCUT2D eigenvalue weighted by Crippen LogP contribution is -2.47. The van der Waals surface area contributed by atoms with Crippen LogP contribution in [0.1, 0.15) is 49.3 Å². The third kappa shape index (κ3) is 1.77. The fourth-order valence-electron chi connectivity index (χ4n) is 4.42. The molecule has 3 rings (SSSR count). The quantitative estimate of drug-likeness (QED) is 0.858. The number of aliphatic hydroxyl groups is 1. The number of nitrogens with two attached hydrogens (primary N) is 1. The highest BCUT2D eigenvalue weighted by Gasteiger charge is 2.55. The monoisotopic (exact) mass is 259 g/mol. The molecule has 3 N–H and O–H groups in total. The summed E-state index contributed by atoms with van der Waals surface area (Å²) in [5.74, 6) is 0.682. The fraction of sp³-hybridized carbons (Fsp3) is 0.647.